The predicted molar refractivity (Wildman–Crippen MR) is 102 cm³/mol. The molecule has 2 aliphatic rings. The summed E-state index contributed by atoms with van der Waals surface area (Å²) in [5.74, 6) is 0.252. The van der Waals surface area contributed by atoms with Crippen LogP contribution in [-0.2, 0) is 37.8 Å². The zero-order valence-corrected chi connectivity index (χ0v) is 15.7. The van der Waals surface area contributed by atoms with Crippen LogP contribution in [-0.4, -0.2) is 45.1 Å². The van der Waals surface area contributed by atoms with Gasteiger partial charge in [-0.15, -0.1) is 0 Å². The molecule has 0 unspecified atom stereocenters. The van der Waals surface area contributed by atoms with Gasteiger partial charge < -0.3 is 4.90 Å². The van der Waals surface area contributed by atoms with Gasteiger partial charge in [0.2, 0.25) is 5.91 Å². The second-order valence-electron chi connectivity index (χ2n) is 7.53. The van der Waals surface area contributed by atoms with E-state index >= 15 is 0 Å². The van der Waals surface area contributed by atoms with Gasteiger partial charge in [-0.25, -0.2) is 0 Å². The lowest BCUT2D eigenvalue weighted by atomic mass is 10.0. The van der Waals surface area contributed by atoms with Gasteiger partial charge in [0, 0.05) is 32.1 Å². The van der Waals surface area contributed by atoms with Crippen molar-refractivity contribution in [3.8, 4) is 0 Å². The fourth-order valence-electron chi connectivity index (χ4n) is 4.20. The van der Waals surface area contributed by atoms with E-state index in [9.17, 15) is 4.79 Å². The number of nitrogens with zero attached hydrogens (tertiary/aromatic N) is 4. The number of amides is 1. The Hall–Kier alpha value is -2.14. The van der Waals surface area contributed by atoms with Crippen LogP contribution in [0.2, 0.25) is 0 Å². The van der Waals surface area contributed by atoms with E-state index < -0.39 is 0 Å². The van der Waals surface area contributed by atoms with Crippen LogP contribution in [0.3, 0.4) is 0 Å². The summed E-state index contributed by atoms with van der Waals surface area (Å²) >= 11 is 0. The fourth-order valence-corrected chi connectivity index (χ4v) is 4.20. The third kappa shape index (κ3) is 3.68. The number of hydrogen-bond acceptors (Lipinski definition) is 3. The Morgan fingerprint density at radius 3 is 2.65 bits per heavy atom. The molecule has 1 aromatic carbocycles. The van der Waals surface area contributed by atoms with Gasteiger partial charge in [0.15, 0.2) is 0 Å². The average molecular weight is 352 g/mol. The quantitative estimate of drug-likeness (QED) is 0.830. The number of likely N-dealkylation sites (tertiary alicyclic amines) is 1. The van der Waals surface area contributed by atoms with E-state index in [1.54, 1.807) is 0 Å². The van der Waals surface area contributed by atoms with Crippen molar-refractivity contribution in [3.63, 3.8) is 0 Å². The number of benzene rings is 1. The summed E-state index contributed by atoms with van der Waals surface area (Å²) in [7, 11) is 2.02. The first-order valence-corrected chi connectivity index (χ1v) is 9.78. The van der Waals surface area contributed by atoms with Crippen LogP contribution in [0.5, 0.6) is 0 Å². The van der Waals surface area contributed by atoms with E-state index in [4.69, 9.17) is 5.10 Å². The molecule has 0 atom stereocenters. The van der Waals surface area contributed by atoms with Crippen LogP contribution in [0, 0.1) is 0 Å². The van der Waals surface area contributed by atoms with Crippen LogP contribution < -0.4 is 0 Å². The Balaban J connectivity index is 1.39. The van der Waals surface area contributed by atoms with Crippen molar-refractivity contribution < 1.29 is 4.79 Å². The molecule has 0 spiro atoms. The Morgan fingerprint density at radius 1 is 1.12 bits per heavy atom. The Labute approximate surface area is 155 Å². The molecule has 1 saturated heterocycles. The molecule has 0 bridgehead atoms. The normalized spacial score (nSPS) is 17.5. The lowest BCUT2D eigenvalue weighted by molar-refractivity contribution is -0.132. The molecule has 1 amide bonds. The summed E-state index contributed by atoms with van der Waals surface area (Å²) in [5, 5.41) is 4.78. The van der Waals surface area contributed by atoms with Gasteiger partial charge in [0.1, 0.15) is 0 Å². The second kappa shape index (κ2) is 7.62. The van der Waals surface area contributed by atoms with Crippen molar-refractivity contribution >= 4 is 5.91 Å². The number of carbonyl (C=O) groups excluding carboxylic acids is 1. The first-order chi connectivity index (χ1) is 12.7. The Kier molecular flexibility index (Phi) is 5.07. The monoisotopic (exact) mass is 352 g/mol. The molecule has 1 fully saturated rings. The number of aryl methyl sites for hydroxylation is 2. The van der Waals surface area contributed by atoms with Crippen LogP contribution in [0.15, 0.2) is 30.3 Å². The molecule has 0 N–H and O–H groups in total. The van der Waals surface area contributed by atoms with Crippen LogP contribution >= 0.6 is 0 Å². The highest BCUT2D eigenvalue weighted by Crippen LogP contribution is 2.24. The molecule has 138 valence electrons. The minimum atomic E-state index is 0.252. The molecule has 0 aliphatic carbocycles. The summed E-state index contributed by atoms with van der Waals surface area (Å²) < 4.78 is 2.00. The highest BCUT2D eigenvalue weighted by Gasteiger charge is 2.27. The molecule has 0 radical (unpaired) electrons. The van der Waals surface area contributed by atoms with E-state index in [0.717, 1.165) is 25.9 Å². The van der Waals surface area contributed by atoms with Gasteiger partial charge in [-0.3, -0.25) is 14.4 Å². The third-order valence-electron chi connectivity index (χ3n) is 5.73. The number of hydrogen-bond donors (Lipinski definition) is 0. The summed E-state index contributed by atoms with van der Waals surface area (Å²) in [6.07, 6.45) is 4.94. The van der Waals surface area contributed by atoms with Crippen molar-refractivity contribution in [2.75, 3.05) is 19.6 Å². The summed E-state index contributed by atoms with van der Waals surface area (Å²) in [4.78, 5) is 17.2. The van der Waals surface area contributed by atoms with Gasteiger partial charge in [-0.2, -0.15) is 5.10 Å². The lowest BCUT2D eigenvalue weighted by Crippen LogP contribution is -2.37. The molecule has 0 saturated carbocycles. The SMILES string of the molecule is Cn1nc(CN2CCCC2)c2c1CN(C(=O)CCc1ccccc1)CC2. The number of aromatic nitrogens is 2. The average Bonchev–Trinajstić information content (AvgIpc) is 3.29. The van der Waals surface area contributed by atoms with Crippen LogP contribution in [0.1, 0.15) is 41.8 Å². The second-order valence-corrected chi connectivity index (χ2v) is 7.53. The molecule has 5 nitrogen and oxygen atoms in total. The Morgan fingerprint density at radius 2 is 1.88 bits per heavy atom. The van der Waals surface area contributed by atoms with E-state index in [1.165, 1.54) is 48.4 Å². The van der Waals surface area contributed by atoms with Crippen LogP contribution in [0.25, 0.3) is 0 Å². The topological polar surface area (TPSA) is 41.4 Å². The fraction of sp³-hybridized carbons (Fsp3) is 0.524. The largest absolute Gasteiger partial charge is 0.336 e. The zero-order chi connectivity index (χ0) is 17.9. The van der Waals surface area contributed by atoms with Crippen molar-refractivity contribution in [3.05, 3.63) is 52.8 Å². The smallest absolute Gasteiger partial charge is 0.223 e. The lowest BCUT2D eigenvalue weighted by Gasteiger charge is -2.28. The summed E-state index contributed by atoms with van der Waals surface area (Å²) in [6.45, 7) is 4.86. The molecular formula is C21H28N4O. The van der Waals surface area contributed by atoms with Gasteiger partial charge in [0.05, 0.1) is 17.9 Å². The molecule has 2 aromatic rings. The minimum absolute atomic E-state index is 0.252. The van der Waals surface area contributed by atoms with Gasteiger partial charge in [-0.1, -0.05) is 30.3 Å². The maximum atomic E-state index is 12.7. The summed E-state index contributed by atoms with van der Waals surface area (Å²) in [6, 6.07) is 10.3. The third-order valence-corrected chi connectivity index (χ3v) is 5.73. The van der Waals surface area contributed by atoms with Crippen molar-refractivity contribution in [2.45, 2.75) is 45.2 Å². The standard InChI is InChI=1S/C21H28N4O/c1-23-20-16-25(21(26)10-9-17-7-3-2-4-8-17)14-11-18(20)19(22-23)15-24-12-5-6-13-24/h2-4,7-8H,5-6,9-16H2,1H3. The van der Waals surface area contributed by atoms with E-state index in [0.29, 0.717) is 13.0 Å². The molecular weight excluding hydrogens is 324 g/mol. The number of carbonyl (C=O) groups is 1. The maximum absolute atomic E-state index is 12.7. The number of fused-ring (bicyclic) bond motifs is 1. The van der Waals surface area contributed by atoms with Crippen LogP contribution in [0.4, 0.5) is 0 Å². The van der Waals surface area contributed by atoms with Crippen molar-refractivity contribution in [2.24, 2.45) is 7.05 Å². The first-order valence-electron chi connectivity index (χ1n) is 9.78. The molecule has 5 heteroatoms. The van der Waals surface area contributed by atoms with Gasteiger partial charge in [0.25, 0.3) is 0 Å². The highest BCUT2D eigenvalue weighted by molar-refractivity contribution is 5.76. The maximum Gasteiger partial charge on any atom is 0.223 e. The first kappa shape index (κ1) is 17.3. The number of rotatable bonds is 5. The van der Waals surface area contributed by atoms with Crippen molar-refractivity contribution in [1.82, 2.24) is 19.6 Å². The molecule has 26 heavy (non-hydrogen) atoms. The molecule has 4 rings (SSSR count). The summed E-state index contributed by atoms with van der Waals surface area (Å²) in [5.41, 5.74) is 5.05. The van der Waals surface area contributed by atoms with Gasteiger partial charge in [-0.05, 0) is 44.3 Å². The predicted octanol–water partition coefficient (Wildman–Crippen LogP) is 2.53. The molecule has 3 heterocycles. The highest BCUT2D eigenvalue weighted by atomic mass is 16.2. The molecule has 2 aliphatic heterocycles. The van der Waals surface area contributed by atoms with Crippen molar-refractivity contribution in [1.29, 1.82) is 0 Å². The van der Waals surface area contributed by atoms with E-state index in [1.807, 2.05) is 34.8 Å². The van der Waals surface area contributed by atoms with E-state index in [2.05, 4.69) is 17.0 Å². The zero-order valence-electron chi connectivity index (χ0n) is 15.7. The minimum Gasteiger partial charge on any atom is -0.336 e. The van der Waals surface area contributed by atoms with Gasteiger partial charge >= 0.3 is 0 Å². The molecule has 1 aromatic heterocycles. The Bertz CT molecular complexity index is 762. The van der Waals surface area contributed by atoms with E-state index in [-0.39, 0.29) is 5.91 Å².